The minimum atomic E-state index is -1.11. The van der Waals surface area contributed by atoms with Crippen LogP contribution in [0.4, 0.5) is 0 Å². The van der Waals surface area contributed by atoms with Crippen LogP contribution in [0.2, 0.25) is 0 Å². The maximum Gasteiger partial charge on any atom is 0.338 e. The highest BCUT2D eigenvalue weighted by atomic mass is 16.6. The molecular weight excluding hydrogens is 344 g/mol. The van der Waals surface area contributed by atoms with E-state index in [1.54, 1.807) is 0 Å². The van der Waals surface area contributed by atoms with E-state index in [2.05, 4.69) is 6.58 Å². The lowest BCUT2D eigenvalue weighted by molar-refractivity contribution is -0.141. The van der Waals surface area contributed by atoms with E-state index < -0.39 is 29.8 Å². The van der Waals surface area contributed by atoms with Crippen molar-refractivity contribution in [1.29, 1.82) is 0 Å². The number of carboxylic acid groups (broad SMARTS) is 2. The molecule has 8 heteroatoms. The summed E-state index contributed by atoms with van der Waals surface area (Å²) in [6, 6.07) is 5.84. The standard InChI is InChI=1S/C18H20O8/c1-11(2)17(23)25-7-8-26-18(24)13-5-3-12(4-6-13)14(9-15(19)20)10-16(21)22/h3-6,14H,1,7-10H2,2H3,(H,19,20)(H,21,22). The Bertz CT molecular complexity index is 674. The first-order chi connectivity index (χ1) is 12.2. The molecule has 0 aliphatic heterocycles. The van der Waals surface area contributed by atoms with Gasteiger partial charge in [-0.25, -0.2) is 9.59 Å². The maximum atomic E-state index is 11.9. The summed E-state index contributed by atoms with van der Waals surface area (Å²) in [5, 5.41) is 17.8. The van der Waals surface area contributed by atoms with Gasteiger partial charge in [0.2, 0.25) is 0 Å². The lowest BCUT2D eigenvalue weighted by Gasteiger charge is -2.13. The summed E-state index contributed by atoms with van der Waals surface area (Å²) >= 11 is 0. The number of rotatable bonds is 10. The van der Waals surface area contributed by atoms with E-state index in [-0.39, 0.29) is 37.2 Å². The lowest BCUT2D eigenvalue weighted by atomic mass is 9.92. The van der Waals surface area contributed by atoms with Crippen LogP contribution in [0.1, 0.15) is 41.6 Å². The second-order valence-electron chi connectivity index (χ2n) is 5.57. The zero-order valence-corrected chi connectivity index (χ0v) is 14.3. The number of ether oxygens (including phenoxy) is 2. The predicted octanol–water partition coefficient (Wildman–Crippen LogP) is 2.00. The molecule has 0 aromatic heterocycles. The second kappa shape index (κ2) is 9.97. The number of esters is 2. The van der Waals surface area contributed by atoms with Gasteiger partial charge in [-0.05, 0) is 24.6 Å². The van der Waals surface area contributed by atoms with Crippen LogP contribution in [-0.4, -0.2) is 47.3 Å². The van der Waals surface area contributed by atoms with Gasteiger partial charge in [-0.3, -0.25) is 9.59 Å². The summed E-state index contributed by atoms with van der Waals surface area (Å²) in [6.45, 7) is 4.69. The van der Waals surface area contributed by atoms with Crippen LogP contribution < -0.4 is 0 Å². The highest BCUT2D eigenvalue weighted by Gasteiger charge is 2.19. The molecule has 1 aromatic rings. The van der Waals surface area contributed by atoms with E-state index in [4.69, 9.17) is 19.7 Å². The zero-order valence-electron chi connectivity index (χ0n) is 14.3. The normalized spacial score (nSPS) is 10.2. The third-order valence-corrected chi connectivity index (χ3v) is 3.36. The summed E-state index contributed by atoms with van der Waals surface area (Å²) in [5.41, 5.74) is 0.954. The Morgan fingerprint density at radius 2 is 1.46 bits per heavy atom. The van der Waals surface area contributed by atoms with Gasteiger partial charge in [0, 0.05) is 11.5 Å². The van der Waals surface area contributed by atoms with Gasteiger partial charge in [0.25, 0.3) is 0 Å². The van der Waals surface area contributed by atoms with E-state index in [1.165, 1.54) is 31.2 Å². The van der Waals surface area contributed by atoms with E-state index in [9.17, 15) is 19.2 Å². The van der Waals surface area contributed by atoms with Gasteiger partial charge in [-0.2, -0.15) is 0 Å². The minimum Gasteiger partial charge on any atom is -0.481 e. The van der Waals surface area contributed by atoms with Crippen molar-refractivity contribution in [3.05, 3.63) is 47.5 Å². The molecule has 0 atom stereocenters. The van der Waals surface area contributed by atoms with Crippen molar-refractivity contribution in [3.63, 3.8) is 0 Å². The first-order valence-electron chi connectivity index (χ1n) is 7.74. The number of carbonyl (C=O) groups excluding carboxylic acids is 2. The average molecular weight is 364 g/mol. The van der Waals surface area contributed by atoms with Gasteiger partial charge in [-0.15, -0.1) is 0 Å². The number of benzene rings is 1. The van der Waals surface area contributed by atoms with Crippen molar-refractivity contribution in [2.45, 2.75) is 25.7 Å². The Morgan fingerprint density at radius 3 is 1.92 bits per heavy atom. The van der Waals surface area contributed by atoms with E-state index in [1.807, 2.05) is 0 Å². The van der Waals surface area contributed by atoms with Crippen LogP contribution in [-0.2, 0) is 23.9 Å². The fourth-order valence-electron chi connectivity index (χ4n) is 2.10. The van der Waals surface area contributed by atoms with Crippen LogP contribution in [0.3, 0.4) is 0 Å². The Balaban J connectivity index is 2.62. The molecule has 140 valence electrons. The van der Waals surface area contributed by atoms with Gasteiger partial charge in [0.15, 0.2) is 0 Å². The average Bonchev–Trinajstić information content (AvgIpc) is 2.57. The molecule has 0 unspecified atom stereocenters. The number of hydrogen-bond acceptors (Lipinski definition) is 6. The first kappa shape index (κ1) is 20.9. The molecule has 0 aliphatic carbocycles. The monoisotopic (exact) mass is 364 g/mol. The van der Waals surface area contributed by atoms with Gasteiger partial charge in [0.1, 0.15) is 13.2 Å². The third-order valence-electron chi connectivity index (χ3n) is 3.36. The molecule has 26 heavy (non-hydrogen) atoms. The van der Waals surface area contributed by atoms with E-state index in [0.29, 0.717) is 5.56 Å². The van der Waals surface area contributed by atoms with Crippen molar-refractivity contribution in [2.24, 2.45) is 0 Å². The highest BCUT2D eigenvalue weighted by Crippen LogP contribution is 2.24. The van der Waals surface area contributed by atoms with Gasteiger partial charge >= 0.3 is 23.9 Å². The van der Waals surface area contributed by atoms with Crippen LogP contribution >= 0.6 is 0 Å². The van der Waals surface area contributed by atoms with Crippen LogP contribution in [0.25, 0.3) is 0 Å². The molecule has 0 saturated heterocycles. The van der Waals surface area contributed by atoms with Crippen LogP contribution in [0, 0.1) is 0 Å². The minimum absolute atomic E-state index is 0.102. The zero-order chi connectivity index (χ0) is 19.7. The van der Waals surface area contributed by atoms with Crippen LogP contribution in [0.5, 0.6) is 0 Å². The molecular formula is C18H20O8. The SMILES string of the molecule is C=C(C)C(=O)OCCOC(=O)c1ccc(C(CC(=O)O)CC(=O)O)cc1. The summed E-state index contributed by atoms with van der Waals surface area (Å²) in [7, 11) is 0. The fourth-order valence-corrected chi connectivity index (χ4v) is 2.10. The summed E-state index contributed by atoms with van der Waals surface area (Å²) in [4.78, 5) is 44.8. The third kappa shape index (κ3) is 7.16. The molecule has 1 aromatic carbocycles. The maximum absolute atomic E-state index is 11.9. The molecule has 0 heterocycles. The van der Waals surface area contributed by atoms with E-state index >= 15 is 0 Å². The number of carbonyl (C=O) groups is 4. The van der Waals surface area contributed by atoms with Crippen molar-refractivity contribution in [2.75, 3.05) is 13.2 Å². The highest BCUT2D eigenvalue weighted by molar-refractivity contribution is 5.89. The predicted molar refractivity (Wildman–Crippen MR) is 89.7 cm³/mol. The quantitative estimate of drug-likeness (QED) is 0.366. The molecule has 0 spiro atoms. The van der Waals surface area contributed by atoms with Crippen molar-refractivity contribution < 1.29 is 38.9 Å². The number of aliphatic carboxylic acids is 2. The number of carboxylic acids is 2. The Hall–Kier alpha value is -3.16. The molecule has 0 fully saturated rings. The Labute approximate surface area is 150 Å². The molecule has 8 nitrogen and oxygen atoms in total. The molecule has 0 saturated carbocycles. The second-order valence-corrected chi connectivity index (χ2v) is 5.57. The number of hydrogen-bond donors (Lipinski definition) is 2. The molecule has 2 N–H and O–H groups in total. The largest absolute Gasteiger partial charge is 0.481 e. The first-order valence-corrected chi connectivity index (χ1v) is 7.74. The van der Waals surface area contributed by atoms with Gasteiger partial charge in [-0.1, -0.05) is 18.7 Å². The molecule has 0 radical (unpaired) electrons. The Morgan fingerprint density at radius 1 is 0.962 bits per heavy atom. The van der Waals surface area contributed by atoms with Crippen LogP contribution in [0.15, 0.2) is 36.4 Å². The van der Waals surface area contributed by atoms with Crippen molar-refractivity contribution in [1.82, 2.24) is 0 Å². The molecule has 1 rings (SSSR count). The summed E-state index contributed by atoms with van der Waals surface area (Å²) in [6.07, 6.45) is -0.658. The Kier molecular flexibility index (Phi) is 8.01. The lowest BCUT2D eigenvalue weighted by Crippen LogP contribution is -2.14. The van der Waals surface area contributed by atoms with Gasteiger partial charge < -0.3 is 19.7 Å². The summed E-state index contributed by atoms with van der Waals surface area (Å²) in [5.74, 6) is -4.13. The van der Waals surface area contributed by atoms with Gasteiger partial charge in [0.05, 0.1) is 18.4 Å². The summed E-state index contributed by atoms with van der Waals surface area (Å²) < 4.78 is 9.74. The fraction of sp³-hybridized carbons (Fsp3) is 0.333. The molecule has 0 amide bonds. The topological polar surface area (TPSA) is 127 Å². The smallest absolute Gasteiger partial charge is 0.338 e. The molecule has 0 aliphatic rings. The van der Waals surface area contributed by atoms with Crippen molar-refractivity contribution in [3.8, 4) is 0 Å². The van der Waals surface area contributed by atoms with E-state index in [0.717, 1.165) is 0 Å². The molecule has 0 bridgehead atoms. The van der Waals surface area contributed by atoms with Crippen molar-refractivity contribution >= 4 is 23.9 Å².